The largest absolute Gasteiger partial charge is 0.411 e. The summed E-state index contributed by atoms with van der Waals surface area (Å²) in [5.74, 6) is 0. The molecule has 1 aromatic heterocycles. The fourth-order valence-electron chi connectivity index (χ4n) is 1.21. The topological polar surface area (TPSA) is 61.2 Å². The molecule has 5 nitrogen and oxygen atoms in total. The fourth-order valence-corrected chi connectivity index (χ4v) is 2.23. The molecule has 0 radical (unpaired) electrons. The molecule has 1 aromatic rings. The summed E-state index contributed by atoms with van der Waals surface area (Å²) < 4.78 is 75.3. The summed E-state index contributed by atoms with van der Waals surface area (Å²) in [6.45, 7) is -3.30. The number of aromatic nitrogens is 2. The smallest absolute Gasteiger partial charge is 0.366 e. The minimum atomic E-state index is -4.54. The number of halogens is 5. The van der Waals surface area contributed by atoms with Crippen molar-refractivity contribution < 1.29 is 30.7 Å². The van der Waals surface area contributed by atoms with Gasteiger partial charge >= 0.3 is 6.18 Å². The van der Waals surface area contributed by atoms with Crippen LogP contribution in [0.4, 0.5) is 17.6 Å². The first-order chi connectivity index (χ1) is 8.63. The monoisotopic (exact) mass is 324 g/mol. The summed E-state index contributed by atoms with van der Waals surface area (Å²) in [5, 5.41) is 3.61. The number of ether oxygens (including phenoxy) is 1. The Bertz CT molecular complexity index is 529. The quantitative estimate of drug-likeness (QED) is 0.592. The second-order valence-corrected chi connectivity index (χ2v) is 5.97. The molecule has 1 heterocycles. The van der Waals surface area contributed by atoms with Crippen LogP contribution in [0.25, 0.3) is 0 Å². The van der Waals surface area contributed by atoms with Crippen molar-refractivity contribution in [1.29, 1.82) is 0 Å². The molecule has 0 aromatic carbocycles. The highest BCUT2D eigenvalue weighted by Crippen LogP contribution is 2.21. The first-order valence-corrected chi connectivity index (χ1v) is 7.16. The lowest BCUT2D eigenvalue weighted by Gasteiger charge is -2.06. The maximum absolute atomic E-state index is 12.1. The molecular formula is C8H9ClF4N2O3S. The van der Waals surface area contributed by atoms with Gasteiger partial charge in [0, 0.05) is 16.9 Å². The van der Waals surface area contributed by atoms with Crippen molar-refractivity contribution in [3.63, 3.8) is 0 Å². The molecule has 0 aliphatic carbocycles. The average molecular weight is 325 g/mol. The van der Waals surface area contributed by atoms with Crippen molar-refractivity contribution in [2.24, 2.45) is 0 Å². The van der Waals surface area contributed by atoms with Gasteiger partial charge in [-0.05, 0) is 0 Å². The highest BCUT2D eigenvalue weighted by molar-refractivity contribution is 8.13. The molecule has 19 heavy (non-hydrogen) atoms. The Hall–Kier alpha value is -0.870. The SMILES string of the molecule is O=S(=O)(Cl)c1cn(CCF)nc1COCC(F)(F)F. The molecule has 0 aliphatic heterocycles. The van der Waals surface area contributed by atoms with Gasteiger partial charge in [-0.2, -0.15) is 18.3 Å². The fraction of sp³-hybridized carbons (Fsp3) is 0.625. The predicted molar refractivity (Wildman–Crippen MR) is 57.0 cm³/mol. The molecule has 0 atom stereocenters. The van der Waals surface area contributed by atoms with E-state index >= 15 is 0 Å². The van der Waals surface area contributed by atoms with Crippen LogP contribution < -0.4 is 0 Å². The molecule has 0 aliphatic rings. The van der Waals surface area contributed by atoms with Crippen LogP contribution in [-0.2, 0) is 26.9 Å². The summed E-state index contributed by atoms with van der Waals surface area (Å²) in [6, 6.07) is 0. The molecule has 0 spiro atoms. The number of nitrogens with zero attached hydrogens (tertiary/aromatic N) is 2. The van der Waals surface area contributed by atoms with Gasteiger partial charge in [0.25, 0.3) is 9.05 Å². The summed E-state index contributed by atoms with van der Waals surface area (Å²) in [5.41, 5.74) is -0.298. The first-order valence-electron chi connectivity index (χ1n) is 4.85. The number of aryl methyl sites for hydroxylation is 1. The molecule has 0 N–H and O–H groups in total. The third kappa shape index (κ3) is 5.33. The van der Waals surface area contributed by atoms with E-state index in [1.165, 1.54) is 0 Å². The predicted octanol–water partition coefficient (Wildman–Crippen LogP) is 1.86. The van der Waals surface area contributed by atoms with Gasteiger partial charge in [0.2, 0.25) is 0 Å². The molecule has 11 heteroatoms. The number of rotatable bonds is 6. The van der Waals surface area contributed by atoms with E-state index in [1.54, 1.807) is 0 Å². The van der Waals surface area contributed by atoms with Crippen molar-refractivity contribution in [2.45, 2.75) is 24.2 Å². The average Bonchev–Trinajstić information content (AvgIpc) is 2.59. The molecule has 0 fully saturated rings. The minimum absolute atomic E-state index is 0.237. The zero-order chi connectivity index (χ0) is 14.7. The Labute approximate surface area is 110 Å². The highest BCUT2D eigenvalue weighted by Gasteiger charge is 2.28. The Morgan fingerprint density at radius 2 is 2.05 bits per heavy atom. The first kappa shape index (κ1) is 16.2. The van der Waals surface area contributed by atoms with Gasteiger partial charge in [-0.25, -0.2) is 12.8 Å². The van der Waals surface area contributed by atoms with E-state index < -0.39 is 40.0 Å². The van der Waals surface area contributed by atoms with Gasteiger partial charge in [-0.1, -0.05) is 0 Å². The van der Waals surface area contributed by atoms with Crippen LogP contribution in [0.3, 0.4) is 0 Å². The third-order valence-corrected chi connectivity index (χ3v) is 3.25. The van der Waals surface area contributed by atoms with E-state index in [4.69, 9.17) is 10.7 Å². The Kier molecular flexibility index (Phi) is 5.16. The molecule has 0 saturated heterocycles. The lowest BCUT2D eigenvalue weighted by atomic mass is 10.4. The molecule has 0 amide bonds. The maximum atomic E-state index is 12.1. The summed E-state index contributed by atoms with van der Waals surface area (Å²) in [4.78, 5) is -0.496. The minimum Gasteiger partial charge on any atom is -0.366 e. The number of hydrogen-bond donors (Lipinski definition) is 0. The van der Waals surface area contributed by atoms with Crippen LogP contribution in [0.15, 0.2) is 11.1 Å². The second kappa shape index (κ2) is 6.06. The van der Waals surface area contributed by atoms with Gasteiger partial charge in [0.1, 0.15) is 23.9 Å². The van der Waals surface area contributed by atoms with E-state index in [1.807, 2.05) is 0 Å². The molecule has 110 valence electrons. The lowest BCUT2D eigenvalue weighted by Crippen LogP contribution is -2.17. The van der Waals surface area contributed by atoms with Crippen molar-refractivity contribution >= 4 is 19.7 Å². The van der Waals surface area contributed by atoms with Crippen molar-refractivity contribution in [3.05, 3.63) is 11.9 Å². The standard InChI is InChI=1S/C8H9ClF4N2O3S/c9-19(16,17)7-3-15(2-1-10)14-6(7)4-18-5-8(11,12)13/h3H,1-2,4-5H2. The summed E-state index contributed by atoms with van der Waals surface area (Å²) in [6.07, 6.45) is -3.60. The molecular weight excluding hydrogens is 316 g/mol. The van der Waals surface area contributed by atoms with Crippen LogP contribution in [0, 0.1) is 0 Å². The number of alkyl halides is 4. The van der Waals surface area contributed by atoms with Crippen LogP contribution in [0.2, 0.25) is 0 Å². The summed E-state index contributed by atoms with van der Waals surface area (Å²) in [7, 11) is 0.902. The molecule has 1 rings (SSSR count). The lowest BCUT2D eigenvalue weighted by molar-refractivity contribution is -0.177. The van der Waals surface area contributed by atoms with Crippen molar-refractivity contribution in [2.75, 3.05) is 13.3 Å². The van der Waals surface area contributed by atoms with E-state index in [-0.39, 0.29) is 12.2 Å². The zero-order valence-corrected chi connectivity index (χ0v) is 10.9. The Morgan fingerprint density at radius 3 is 2.53 bits per heavy atom. The summed E-state index contributed by atoms with van der Waals surface area (Å²) >= 11 is 0. The van der Waals surface area contributed by atoms with Gasteiger partial charge < -0.3 is 4.74 Å². The molecule has 0 saturated carbocycles. The van der Waals surface area contributed by atoms with Crippen LogP contribution in [-0.4, -0.2) is 37.7 Å². The van der Waals surface area contributed by atoms with Gasteiger partial charge in [-0.3, -0.25) is 4.68 Å². The Morgan fingerprint density at radius 1 is 1.42 bits per heavy atom. The maximum Gasteiger partial charge on any atom is 0.411 e. The van der Waals surface area contributed by atoms with Gasteiger partial charge in [0.15, 0.2) is 0 Å². The number of hydrogen-bond acceptors (Lipinski definition) is 4. The molecule has 0 bridgehead atoms. The molecule has 0 unspecified atom stereocenters. The van der Waals surface area contributed by atoms with Crippen LogP contribution in [0.5, 0.6) is 0 Å². The van der Waals surface area contributed by atoms with E-state index in [9.17, 15) is 26.0 Å². The van der Waals surface area contributed by atoms with Crippen LogP contribution in [0.1, 0.15) is 5.69 Å². The normalized spacial score (nSPS) is 12.9. The van der Waals surface area contributed by atoms with Crippen molar-refractivity contribution in [3.8, 4) is 0 Å². The highest BCUT2D eigenvalue weighted by atomic mass is 35.7. The van der Waals surface area contributed by atoms with Crippen LogP contribution >= 0.6 is 10.7 Å². The zero-order valence-electron chi connectivity index (χ0n) is 9.32. The van der Waals surface area contributed by atoms with Crippen molar-refractivity contribution in [1.82, 2.24) is 9.78 Å². The van der Waals surface area contributed by atoms with Gasteiger partial charge in [-0.15, -0.1) is 0 Å². The van der Waals surface area contributed by atoms with E-state index in [0.717, 1.165) is 10.9 Å². The Balaban J connectivity index is 2.86. The van der Waals surface area contributed by atoms with E-state index in [0.29, 0.717) is 0 Å². The second-order valence-electron chi connectivity index (χ2n) is 3.44. The van der Waals surface area contributed by atoms with E-state index in [2.05, 4.69) is 9.84 Å². The third-order valence-electron chi connectivity index (χ3n) is 1.88. The van der Waals surface area contributed by atoms with Gasteiger partial charge in [0.05, 0.1) is 13.2 Å².